The Morgan fingerprint density at radius 1 is 1.33 bits per heavy atom. The average Bonchev–Trinajstić information content (AvgIpc) is 2.87. The number of halogens is 1. The Balaban J connectivity index is 1.83. The first-order valence-electron chi connectivity index (χ1n) is 7.92. The van der Waals surface area contributed by atoms with Gasteiger partial charge in [-0.1, -0.05) is 25.1 Å². The highest BCUT2D eigenvalue weighted by Gasteiger charge is 2.59. The molecule has 1 aliphatic carbocycles. The number of thioether (sulfide) groups is 1. The number of aliphatic hydroxyl groups excluding tert-OH is 1. The first-order valence-corrected chi connectivity index (χ1v) is 8.80. The van der Waals surface area contributed by atoms with Crippen molar-refractivity contribution in [1.29, 1.82) is 0 Å². The van der Waals surface area contributed by atoms with Crippen LogP contribution in [-0.2, 0) is 11.4 Å². The van der Waals surface area contributed by atoms with Crippen LogP contribution in [0, 0.1) is 11.7 Å². The van der Waals surface area contributed by atoms with Crippen LogP contribution in [0.5, 0.6) is 0 Å². The summed E-state index contributed by atoms with van der Waals surface area (Å²) in [5, 5.41) is 11.8. The third-order valence-corrected chi connectivity index (χ3v) is 6.63. The zero-order valence-corrected chi connectivity index (χ0v) is 13.8. The van der Waals surface area contributed by atoms with E-state index in [9.17, 15) is 9.50 Å². The molecule has 1 spiro atoms. The second kappa shape index (κ2) is 4.71. The van der Waals surface area contributed by atoms with E-state index in [0.29, 0.717) is 11.5 Å². The van der Waals surface area contributed by atoms with Gasteiger partial charge in [0.05, 0.1) is 11.4 Å². The maximum Gasteiger partial charge on any atom is 0.142 e. The van der Waals surface area contributed by atoms with Crippen LogP contribution in [0.25, 0.3) is 16.8 Å². The topological polar surface area (TPSA) is 37.5 Å². The minimum atomic E-state index is -0.366. The maximum atomic E-state index is 14.2. The Hall–Kier alpha value is -2.11. The summed E-state index contributed by atoms with van der Waals surface area (Å²) >= 11 is 1.80. The molecule has 2 aromatic heterocycles. The Bertz CT molecular complexity index is 1030. The molecule has 0 radical (unpaired) electrons. The highest BCUT2D eigenvalue weighted by Crippen LogP contribution is 2.69. The number of hydrogen-bond acceptors (Lipinski definition) is 3. The van der Waals surface area contributed by atoms with Crippen molar-refractivity contribution in [2.24, 2.45) is 5.92 Å². The first-order chi connectivity index (χ1) is 11.7. The number of aliphatic hydroxyl groups is 1. The lowest BCUT2D eigenvalue weighted by Gasteiger charge is -2.14. The van der Waals surface area contributed by atoms with Crippen molar-refractivity contribution in [3.8, 4) is 11.1 Å². The molecule has 0 bridgehead atoms. The van der Waals surface area contributed by atoms with Crippen LogP contribution < -0.4 is 0 Å². The number of rotatable bonds is 2. The molecule has 3 aromatic rings. The predicted molar refractivity (Wildman–Crippen MR) is 93.2 cm³/mol. The second-order valence-corrected chi connectivity index (χ2v) is 7.50. The molecule has 0 saturated heterocycles. The quantitative estimate of drug-likeness (QED) is 0.765. The minimum absolute atomic E-state index is 0.0928. The summed E-state index contributed by atoms with van der Waals surface area (Å²) in [5.41, 5.74) is 5.54. The maximum absolute atomic E-state index is 14.2. The van der Waals surface area contributed by atoms with Crippen molar-refractivity contribution in [3.05, 3.63) is 70.8 Å². The monoisotopic (exact) mass is 338 g/mol. The number of imidazole rings is 1. The fourth-order valence-corrected chi connectivity index (χ4v) is 5.37. The average molecular weight is 338 g/mol. The highest BCUT2D eigenvalue weighted by molar-refractivity contribution is 8.03. The number of pyridine rings is 1. The van der Waals surface area contributed by atoms with Crippen LogP contribution in [0.4, 0.5) is 4.39 Å². The Kier molecular flexibility index (Phi) is 2.80. The smallest absolute Gasteiger partial charge is 0.142 e. The van der Waals surface area contributed by atoms with Crippen molar-refractivity contribution in [2.75, 3.05) is 0 Å². The van der Waals surface area contributed by atoms with Crippen molar-refractivity contribution in [2.45, 2.75) is 18.3 Å². The lowest BCUT2D eigenvalue weighted by Crippen LogP contribution is -2.08. The molecule has 0 fully saturated rings. The largest absolute Gasteiger partial charge is 0.392 e. The molecule has 2 unspecified atom stereocenters. The van der Waals surface area contributed by atoms with Gasteiger partial charge in [-0.3, -0.25) is 0 Å². The van der Waals surface area contributed by atoms with Crippen LogP contribution in [0.3, 0.4) is 0 Å². The van der Waals surface area contributed by atoms with E-state index in [0.717, 1.165) is 16.8 Å². The summed E-state index contributed by atoms with van der Waals surface area (Å²) in [4.78, 5) is 4.52. The number of hydrogen-bond donors (Lipinski definition) is 1. The van der Waals surface area contributed by atoms with E-state index < -0.39 is 0 Å². The molecule has 1 aliphatic heterocycles. The third kappa shape index (κ3) is 1.59. The second-order valence-electron chi connectivity index (χ2n) is 6.35. The van der Waals surface area contributed by atoms with E-state index in [-0.39, 0.29) is 17.2 Å². The van der Waals surface area contributed by atoms with Gasteiger partial charge in [0, 0.05) is 35.3 Å². The molecule has 120 valence electrons. The van der Waals surface area contributed by atoms with E-state index in [4.69, 9.17) is 0 Å². The Labute approximate surface area is 142 Å². The molecule has 5 heteroatoms. The molecule has 5 rings (SSSR count). The van der Waals surface area contributed by atoms with Gasteiger partial charge in [-0.15, -0.1) is 11.8 Å². The number of fused-ring (bicyclic) bond motifs is 5. The molecule has 1 N–H and O–H groups in total. The van der Waals surface area contributed by atoms with Crippen LogP contribution >= 0.6 is 11.8 Å². The van der Waals surface area contributed by atoms with Gasteiger partial charge < -0.3 is 9.51 Å². The van der Waals surface area contributed by atoms with Gasteiger partial charge in [0.25, 0.3) is 0 Å². The fraction of sp³-hybridized carbons (Fsp3) is 0.211. The van der Waals surface area contributed by atoms with Gasteiger partial charge in [0.15, 0.2) is 0 Å². The number of allylic oxidation sites excluding steroid dienone is 1. The number of nitrogens with zero attached hydrogens (tertiary/aromatic N) is 2. The van der Waals surface area contributed by atoms with E-state index in [1.807, 2.05) is 22.9 Å². The molecule has 1 aromatic carbocycles. The standard InChI is InChI=1S/C19H15FN2OS/c1-11-5-8-24-19(11)16-13(9-22-7-6-21-18(22)17(16)19)12-3-2-4-15(20)14(12)10-23/h2-9,11,23H,10H2,1H3. The van der Waals surface area contributed by atoms with Gasteiger partial charge in [-0.05, 0) is 28.5 Å². The van der Waals surface area contributed by atoms with Gasteiger partial charge >= 0.3 is 0 Å². The van der Waals surface area contributed by atoms with Gasteiger partial charge in [0.2, 0.25) is 0 Å². The molecule has 2 atom stereocenters. The van der Waals surface area contributed by atoms with Crippen molar-refractivity contribution in [3.63, 3.8) is 0 Å². The zero-order chi connectivity index (χ0) is 16.5. The zero-order valence-electron chi connectivity index (χ0n) is 13.0. The van der Waals surface area contributed by atoms with E-state index in [1.54, 1.807) is 24.0 Å². The summed E-state index contributed by atoms with van der Waals surface area (Å²) in [6.07, 6.45) is 7.93. The molecule has 24 heavy (non-hydrogen) atoms. The molecule has 0 amide bonds. The summed E-state index contributed by atoms with van der Waals surface area (Å²) in [6.45, 7) is 1.89. The Morgan fingerprint density at radius 2 is 2.21 bits per heavy atom. The highest BCUT2D eigenvalue weighted by atomic mass is 32.2. The van der Waals surface area contributed by atoms with Crippen molar-refractivity contribution >= 4 is 17.4 Å². The third-order valence-electron chi connectivity index (χ3n) is 5.19. The van der Waals surface area contributed by atoms with Crippen molar-refractivity contribution < 1.29 is 9.50 Å². The SMILES string of the molecule is CC1C=CSC12c1c(-c3cccc(F)c3CO)cn3ccnc3c12. The fourth-order valence-electron chi connectivity index (χ4n) is 3.96. The van der Waals surface area contributed by atoms with Crippen LogP contribution in [0.2, 0.25) is 0 Å². The lowest BCUT2D eigenvalue weighted by molar-refractivity contribution is 0.276. The molecule has 0 saturated carbocycles. The van der Waals surface area contributed by atoms with E-state index >= 15 is 0 Å². The summed E-state index contributed by atoms with van der Waals surface area (Å²) in [5.74, 6) is -0.000266. The molecular weight excluding hydrogens is 323 g/mol. The normalized spacial score (nSPS) is 24.0. The van der Waals surface area contributed by atoms with Gasteiger partial charge in [-0.2, -0.15) is 0 Å². The molecule has 3 nitrogen and oxygen atoms in total. The molecule has 3 heterocycles. The summed E-state index contributed by atoms with van der Waals surface area (Å²) < 4.78 is 16.1. The van der Waals surface area contributed by atoms with Crippen LogP contribution in [0.15, 0.2) is 48.3 Å². The van der Waals surface area contributed by atoms with E-state index in [1.165, 1.54) is 17.2 Å². The molecular formula is C19H15FN2OS. The van der Waals surface area contributed by atoms with Crippen molar-refractivity contribution in [1.82, 2.24) is 9.38 Å². The van der Waals surface area contributed by atoms with Crippen LogP contribution in [-0.4, -0.2) is 14.5 Å². The van der Waals surface area contributed by atoms with Crippen LogP contribution in [0.1, 0.15) is 23.6 Å². The molecule has 2 aliphatic rings. The first kappa shape index (κ1) is 14.3. The number of aromatic nitrogens is 2. The Morgan fingerprint density at radius 3 is 2.96 bits per heavy atom. The van der Waals surface area contributed by atoms with Gasteiger partial charge in [0.1, 0.15) is 11.5 Å². The van der Waals surface area contributed by atoms with Gasteiger partial charge in [-0.25, -0.2) is 9.37 Å². The predicted octanol–water partition coefficient (Wildman–Crippen LogP) is 4.09. The summed E-state index contributed by atoms with van der Waals surface area (Å²) in [6, 6.07) is 4.98. The lowest BCUT2D eigenvalue weighted by atomic mass is 9.97. The number of benzene rings is 1. The minimum Gasteiger partial charge on any atom is -0.392 e. The summed E-state index contributed by atoms with van der Waals surface area (Å²) in [7, 11) is 0. The van der Waals surface area contributed by atoms with E-state index in [2.05, 4.69) is 23.4 Å².